The number of benzene rings is 2. The van der Waals surface area contributed by atoms with Crippen LogP contribution in [-0.2, 0) is 0 Å². The van der Waals surface area contributed by atoms with Crippen molar-refractivity contribution < 1.29 is 8.81 Å². The average molecular weight is 484 g/mol. The smallest absolute Gasteiger partial charge is 0.174 e. The summed E-state index contributed by atoms with van der Waals surface area (Å²) < 4.78 is 19.9. The van der Waals surface area contributed by atoms with Crippen molar-refractivity contribution >= 4 is 46.2 Å². The SMILES string of the molecule is Fc1ccc(N2C(=S)N[C@H](c3ccccn3)[C@@H]2c2ccc(-c3ccc(Cl)cc3Cl)o2)cc1. The predicted octanol–water partition coefficient (Wildman–Crippen LogP) is 6.96. The van der Waals surface area contributed by atoms with Crippen molar-refractivity contribution in [3.05, 3.63) is 106 Å². The lowest BCUT2D eigenvalue weighted by Crippen LogP contribution is -2.29. The Bertz CT molecular complexity index is 1280. The number of anilines is 1. The van der Waals surface area contributed by atoms with Crippen LogP contribution in [0.4, 0.5) is 10.1 Å². The highest BCUT2D eigenvalue weighted by Gasteiger charge is 2.42. The van der Waals surface area contributed by atoms with Gasteiger partial charge in [0.05, 0.1) is 16.8 Å². The van der Waals surface area contributed by atoms with Crippen molar-refractivity contribution in [1.29, 1.82) is 0 Å². The molecule has 1 N–H and O–H groups in total. The number of furan rings is 1. The first kappa shape index (κ1) is 20.9. The van der Waals surface area contributed by atoms with Gasteiger partial charge in [0.25, 0.3) is 0 Å². The van der Waals surface area contributed by atoms with Crippen LogP contribution in [0.3, 0.4) is 0 Å². The minimum absolute atomic E-state index is 0.270. The fourth-order valence-electron chi connectivity index (χ4n) is 3.87. The molecule has 0 bridgehead atoms. The number of nitrogens with zero attached hydrogens (tertiary/aromatic N) is 2. The zero-order valence-corrected chi connectivity index (χ0v) is 18.8. The third-order valence-corrected chi connectivity index (χ3v) is 6.18. The maximum absolute atomic E-state index is 13.6. The summed E-state index contributed by atoms with van der Waals surface area (Å²) in [6.45, 7) is 0. The maximum atomic E-state index is 13.6. The van der Waals surface area contributed by atoms with E-state index in [0.29, 0.717) is 26.7 Å². The molecular formula is C24H16Cl2FN3OS. The van der Waals surface area contributed by atoms with E-state index in [1.807, 2.05) is 41.3 Å². The van der Waals surface area contributed by atoms with Gasteiger partial charge in [-0.3, -0.25) is 4.98 Å². The van der Waals surface area contributed by atoms with E-state index in [4.69, 9.17) is 39.8 Å². The van der Waals surface area contributed by atoms with Crippen LogP contribution < -0.4 is 10.2 Å². The van der Waals surface area contributed by atoms with Gasteiger partial charge in [0, 0.05) is 22.5 Å². The lowest BCUT2D eigenvalue weighted by atomic mass is 10.0. The summed E-state index contributed by atoms with van der Waals surface area (Å²) in [6, 6.07) is 20.3. The zero-order chi connectivity index (χ0) is 22.2. The molecule has 2 atom stereocenters. The summed E-state index contributed by atoms with van der Waals surface area (Å²) >= 11 is 18.1. The third-order valence-electron chi connectivity index (χ3n) is 5.32. The highest BCUT2D eigenvalue weighted by Crippen LogP contribution is 2.43. The first-order valence-electron chi connectivity index (χ1n) is 9.82. The van der Waals surface area contributed by atoms with Crippen molar-refractivity contribution in [2.45, 2.75) is 12.1 Å². The molecule has 1 fully saturated rings. The van der Waals surface area contributed by atoms with E-state index in [2.05, 4.69) is 10.3 Å². The van der Waals surface area contributed by atoms with E-state index in [1.165, 1.54) is 12.1 Å². The zero-order valence-electron chi connectivity index (χ0n) is 16.5. The average Bonchev–Trinajstić information content (AvgIpc) is 3.39. The van der Waals surface area contributed by atoms with Gasteiger partial charge in [-0.05, 0) is 78.9 Å². The molecule has 8 heteroatoms. The van der Waals surface area contributed by atoms with Crippen LogP contribution in [0.15, 0.2) is 83.4 Å². The molecule has 1 aliphatic heterocycles. The molecule has 3 heterocycles. The number of nitrogens with one attached hydrogen (secondary N) is 1. The van der Waals surface area contributed by atoms with E-state index in [-0.39, 0.29) is 17.9 Å². The summed E-state index contributed by atoms with van der Waals surface area (Å²) in [6.07, 6.45) is 1.73. The van der Waals surface area contributed by atoms with Gasteiger partial charge in [-0.25, -0.2) is 4.39 Å². The molecule has 0 unspecified atom stereocenters. The number of hydrogen-bond acceptors (Lipinski definition) is 3. The Hall–Kier alpha value is -2.93. The Labute approximate surface area is 199 Å². The van der Waals surface area contributed by atoms with Crippen LogP contribution in [0, 0.1) is 5.82 Å². The fraction of sp³-hybridized carbons (Fsp3) is 0.0833. The van der Waals surface area contributed by atoms with Crippen molar-refractivity contribution in [2.24, 2.45) is 0 Å². The summed E-state index contributed by atoms with van der Waals surface area (Å²) in [5.74, 6) is 0.957. The van der Waals surface area contributed by atoms with Crippen molar-refractivity contribution in [3.63, 3.8) is 0 Å². The lowest BCUT2D eigenvalue weighted by molar-refractivity contribution is 0.439. The molecule has 0 spiro atoms. The quantitative estimate of drug-likeness (QED) is 0.317. The Kier molecular flexibility index (Phi) is 5.59. The van der Waals surface area contributed by atoms with Crippen molar-refractivity contribution in [3.8, 4) is 11.3 Å². The van der Waals surface area contributed by atoms with Crippen LogP contribution in [0.25, 0.3) is 11.3 Å². The number of aromatic nitrogens is 1. The Morgan fingerprint density at radius 2 is 1.81 bits per heavy atom. The number of rotatable bonds is 4. The van der Waals surface area contributed by atoms with Gasteiger partial charge in [-0.1, -0.05) is 29.3 Å². The first-order valence-corrected chi connectivity index (χ1v) is 11.0. The van der Waals surface area contributed by atoms with Crippen LogP contribution in [0.5, 0.6) is 0 Å². The maximum Gasteiger partial charge on any atom is 0.174 e. The molecule has 0 saturated carbocycles. The molecular weight excluding hydrogens is 468 g/mol. The van der Waals surface area contributed by atoms with Gasteiger partial charge >= 0.3 is 0 Å². The molecule has 160 valence electrons. The van der Waals surface area contributed by atoms with Crippen LogP contribution in [0.2, 0.25) is 10.0 Å². The molecule has 4 aromatic rings. The van der Waals surface area contributed by atoms with Crippen LogP contribution in [-0.4, -0.2) is 10.1 Å². The summed E-state index contributed by atoms with van der Waals surface area (Å²) in [5.41, 5.74) is 2.29. The second-order valence-corrected chi connectivity index (χ2v) is 8.53. The second-order valence-electron chi connectivity index (χ2n) is 7.30. The molecule has 32 heavy (non-hydrogen) atoms. The standard InChI is InChI=1S/C24H16Cl2FN3OS/c25-14-4-9-17(18(26)13-14)20-10-11-21(31-20)23-22(19-3-1-2-12-28-19)29-24(32)30(23)16-7-5-15(27)6-8-16/h1-13,22-23H,(H,29,32)/t22-,23+/m1/s1. The van der Waals surface area contributed by atoms with E-state index >= 15 is 0 Å². The van der Waals surface area contributed by atoms with Crippen LogP contribution >= 0.6 is 35.4 Å². The summed E-state index contributed by atoms with van der Waals surface area (Å²) in [7, 11) is 0. The van der Waals surface area contributed by atoms with Crippen molar-refractivity contribution in [1.82, 2.24) is 10.3 Å². The van der Waals surface area contributed by atoms with E-state index in [0.717, 1.165) is 16.9 Å². The van der Waals surface area contributed by atoms with Gasteiger partial charge < -0.3 is 14.6 Å². The Morgan fingerprint density at radius 1 is 1.00 bits per heavy atom. The normalized spacial score (nSPS) is 18.1. The van der Waals surface area contributed by atoms with Crippen LogP contribution in [0.1, 0.15) is 23.5 Å². The van der Waals surface area contributed by atoms with Gasteiger partial charge in [0.15, 0.2) is 5.11 Å². The van der Waals surface area contributed by atoms with Gasteiger partial charge in [-0.2, -0.15) is 0 Å². The monoisotopic (exact) mass is 483 g/mol. The number of pyridine rings is 1. The second kappa shape index (κ2) is 8.54. The number of thiocarbonyl (C=S) groups is 1. The third kappa shape index (κ3) is 3.86. The number of halogens is 3. The number of hydrogen-bond donors (Lipinski definition) is 1. The fourth-order valence-corrected chi connectivity index (χ4v) is 4.72. The molecule has 0 radical (unpaired) electrons. The highest BCUT2D eigenvalue weighted by atomic mass is 35.5. The van der Waals surface area contributed by atoms with E-state index < -0.39 is 0 Å². The summed E-state index contributed by atoms with van der Waals surface area (Å²) in [5, 5.41) is 4.89. The topological polar surface area (TPSA) is 41.3 Å². The molecule has 1 aliphatic rings. The first-order chi connectivity index (χ1) is 15.5. The Balaban J connectivity index is 1.60. The lowest BCUT2D eigenvalue weighted by Gasteiger charge is -2.26. The molecule has 2 aromatic heterocycles. The predicted molar refractivity (Wildman–Crippen MR) is 128 cm³/mol. The van der Waals surface area contributed by atoms with Gasteiger partial charge in [0.1, 0.15) is 23.4 Å². The van der Waals surface area contributed by atoms with Gasteiger partial charge in [-0.15, -0.1) is 0 Å². The van der Waals surface area contributed by atoms with E-state index in [1.54, 1.807) is 30.5 Å². The van der Waals surface area contributed by atoms with Crippen molar-refractivity contribution in [2.75, 3.05) is 4.90 Å². The molecule has 1 saturated heterocycles. The van der Waals surface area contributed by atoms with Gasteiger partial charge in [0.2, 0.25) is 0 Å². The summed E-state index contributed by atoms with van der Waals surface area (Å²) in [4.78, 5) is 6.43. The molecule has 0 amide bonds. The van der Waals surface area contributed by atoms with E-state index in [9.17, 15) is 4.39 Å². The minimum Gasteiger partial charge on any atom is -0.459 e. The molecule has 5 rings (SSSR count). The molecule has 4 nitrogen and oxygen atoms in total. The Morgan fingerprint density at radius 3 is 2.53 bits per heavy atom. The molecule has 2 aromatic carbocycles. The molecule has 0 aliphatic carbocycles. The largest absolute Gasteiger partial charge is 0.459 e. The minimum atomic E-state index is -0.345. The highest BCUT2D eigenvalue weighted by molar-refractivity contribution is 7.80.